The van der Waals surface area contributed by atoms with Gasteiger partial charge in [-0.25, -0.2) is 4.39 Å². The van der Waals surface area contributed by atoms with Crippen LogP contribution in [0.5, 0.6) is 0 Å². The Kier molecular flexibility index (Phi) is 4.09. The van der Waals surface area contributed by atoms with Crippen molar-refractivity contribution in [2.45, 2.75) is 39.3 Å². The van der Waals surface area contributed by atoms with Crippen molar-refractivity contribution in [2.24, 2.45) is 0 Å². The second kappa shape index (κ2) is 5.63. The van der Waals surface area contributed by atoms with Gasteiger partial charge in [0.15, 0.2) is 0 Å². The highest BCUT2D eigenvalue weighted by Crippen LogP contribution is 2.25. The number of aromatic amines is 1. The average Bonchev–Trinajstić information content (AvgIpc) is 2.76. The summed E-state index contributed by atoms with van der Waals surface area (Å²) >= 11 is 0. The molecular formula is C15H19FN2O2. The minimum Gasteiger partial charge on any atom is -0.384 e. The molecule has 0 saturated heterocycles. The van der Waals surface area contributed by atoms with Crippen LogP contribution < -0.4 is 5.32 Å². The lowest BCUT2D eigenvalue weighted by Crippen LogP contribution is -2.32. The zero-order valence-electron chi connectivity index (χ0n) is 11.8. The Morgan fingerprint density at radius 2 is 2.05 bits per heavy atom. The Balaban J connectivity index is 2.23. The quantitative estimate of drug-likeness (QED) is 0.804. The smallest absolute Gasteiger partial charge is 0.248 e. The maximum absolute atomic E-state index is 13.9. The molecule has 1 atom stereocenters. The molecule has 0 saturated carbocycles. The standard InChI is InChI=1S/C15H19FN2O2/c1-8(2)12-6-14-10(5-13(12)16)4-11(18-14)7-17-15(20)9(3)19/h4-6,8-9,18-19H,7H2,1-3H3,(H,17,20). The van der Waals surface area contributed by atoms with Gasteiger partial charge < -0.3 is 15.4 Å². The van der Waals surface area contributed by atoms with Gasteiger partial charge in [-0.2, -0.15) is 0 Å². The molecule has 0 aliphatic heterocycles. The van der Waals surface area contributed by atoms with Gasteiger partial charge in [-0.3, -0.25) is 4.79 Å². The van der Waals surface area contributed by atoms with Crippen molar-refractivity contribution >= 4 is 16.8 Å². The first-order valence-corrected chi connectivity index (χ1v) is 6.65. The van der Waals surface area contributed by atoms with Crippen LogP contribution >= 0.6 is 0 Å². The fraction of sp³-hybridized carbons (Fsp3) is 0.400. The number of benzene rings is 1. The molecule has 5 heteroatoms. The summed E-state index contributed by atoms with van der Waals surface area (Å²) in [7, 11) is 0. The van der Waals surface area contributed by atoms with Gasteiger partial charge in [-0.05, 0) is 36.6 Å². The Labute approximate surface area is 117 Å². The summed E-state index contributed by atoms with van der Waals surface area (Å²) in [5.74, 6) is -0.537. The van der Waals surface area contributed by atoms with Crippen molar-refractivity contribution in [2.75, 3.05) is 0 Å². The van der Waals surface area contributed by atoms with Gasteiger partial charge in [0.2, 0.25) is 5.91 Å². The third-order valence-corrected chi connectivity index (χ3v) is 3.25. The van der Waals surface area contributed by atoms with Crippen molar-refractivity contribution in [3.63, 3.8) is 0 Å². The van der Waals surface area contributed by atoms with Crippen molar-refractivity contribution in [3.8, 4) is 0 Å². The molecule has 0 bridgehead atoms. The molecule has 0 spiro atoms. The summed E-state index contributed by atoms with van der Waals surface area (Å²) in [6.45, 7) is 5.57. The van der Waals surface area contributed by atoms with Crippen molar-refractivity contribution < 1.29 is 14.3 Å². The predicted molar refractivity (Wildman–Crippen MR) is 75.9 cm³/mol. The lowest BCUT2D eigenvalue weighted by molar-refractivity contribution is -0.128. The largest absolute Gasteiger partial charge is 0.384 e. The maximum Gasteiger partial charge on any atom is 0.248 e. The lowest BCUT2D eigenvalue weighted by atomic mass is 10.0. The van der Waals surface area contributed by atoms with Crippen LogP contribution in [0.4, 0.5) is 4.39 Å². The molecule has 4 nitrogen and oxygen atoms in total. The van der Waals surface area contributed by atoms with E-state index in [-0.39, 0.29) is 18.3 Å². The van der Waals surface area contributed by atoms with Crippen LogP contribution in [0.2, 0.25) is 0 Å². The third kappa shape index (κ3) is 2.99. The van der Waals surface area contributed by atoms with E-state index < -0.39 is 12.0 Å². The molecule has 3 N–H and O–H groups in total. The van der Waals surface area contributed by atoms with Gasteiger partial charge in [-0.15, -0.1) is 0 Å². The SMILES string of the molecule is CC(O)C(=O)NCc1cc2cc(F)c(C(C)C)cc2[nH]1. The van der Waals surface area contributed by atoms with Crippen LogP contribution in [-0.2, 0) is 11.3 Å². The molecule has 0 radical (unpaired) electrons. The van der Waals surface area contributed by atoms with E-state index in [1.807, 2.05) is 13.8 Å². The van der Waals surface area contributed by atoms with E-state index in [9.17, 15) is 9.18 Å². The normalized spacial score (nSPS) is 12.9. The summed E-state index contributed by atoms with van der Waals surface area (Å²) < 4.78 is 13.9. The number of hydrogen-bond acceptors (Lipinski definition) is 2. The summed E-state index contributed by atoms with van der Waals surface area (Å²) in [6.07, 6.45) is -1.04. The maximum atomic E-state index is 13.9. The second-order valence-corrected chi connectivity index (χ2v) is 5.30. The molecule has 1 unspecified atom stereocenters. The zero-order valence-corrected chi connectivity index (χ0v) is 11.8. The van der Waals surface area contributed by atoms with E-state index in [0.717, 1.165) is 16.6 Å². The van der Waals surface area contributed by atoms with Gasteiger partial charge >= 0.3 is 0 Å². The molecule has 108 valence electrons. The molecule has 1 aromatic carbocycles. The number of H-pyrrole nitrogens is 1. The van der Waals surface area contributed by atoms with Gasteiger partial charge in [-0.1, -0.05) is 13.8 Å². The van der Waals surface area contributed by atoms with E-state index in [1.165, 1.54) is 13.0 Å². The highest BCUT2D eigenvalue weighted by atomic mass is 19.1. The van der Waals surface area contributed by atoms with Gasteiger partial charge in [0.25, 0.3) is 0 Å². The second-order valence-electron chi connectivity index (χ2n) is 5.30. The number of aliphatic hydroxyl groups excluding tert-OH is 1. The van der Waals surface area contributed by atoms with E-state index in [0.29, 0.717) is 5.56 Å². The molecule has 1 aromatic heterocycles. The Morgan fingerprint density at radius 1 is 1.35 bits per heavy atom. The number of nitrogens with one attached hydrogen (secondary N) is 2. The highest BCUT2D eigenvalue weighted by molar-refractivity contribution is 5.82. The number of aliphatic hydroxyl groups is 1. The zero-order chi connectivity index (χ0) is 14.9. The molecule has 0 aliphatic carbocycles. The number of aromatic nitrogens is 1. The lowest BCUT2D eigenvalue weighted by Gasteiger charge is -2.06. The summed E-state index contributed by atoms with van der Waals surface area (Å²) in [5, 5.41) is 12.5. The first-order chi connectivity index (χ1) is 9.38. The topological polar surface area (TPSA) is 65.1 Å². The number of fused-ring (bicyclic) bond motifs is 1. The number of carbonyl (C=O) groups excluding carboxylic acids is 1. The van der Waals surface area contributed by atoms with Gasteiger partial charge in [0.1, 0.15) is 11.9 Å². The fourth-order valence-corrected chi connectivity index (χ4v) is 2.10. The summed E-state index contributed by atoms with van der Waals surface area (Å²) in [6, 6.07) is 5.10. The van der Waals surface area contributed by atoms with Crippen LogP contribution in [0.25, 0.3) is 10.9 Å². The van der Waals surface area contributed by atoms with Gasteiger partial charge in [0.05, 0.1) is 6.54 Å². The minimum atomic E-state index is -1.04. The third-order valence-electron chi connectivity index (χ3n) is 3.25. The van der Waals surface area contributed by atoms with E-state index in [1.54, 1.807) is 12.1 Å². The molecule has 20 heavy (non-hydrogen) atoms. The molecule has 1 amide bonds. The molecule has 2 aromatic rings. The van der Waals surface area contributed by atoms with Crippen LogP contribution in [0.1, 0.15) is 37.9 Å². The van der Waals surface area contributed by atoms with E-state index in [2.05, 4.69) is 10.3 Å². The number of carbonyl (C=O) groups is 1. The molecule has 1 heterocycles. The van der Waals surface area contributed by atoms with Gasteiger partial charge in [0, 0.05) is 16.6 Å². The van der Waals surface area contributed by atoms with Crippen molar-refractivity contribution in [1.29, 1.82) is 0 Å². The predicted octanol–water partition coefficient (Wildman–Crippen LogP) is 2.43. The fourth-order valence-electron chi connectivity index (χ4n) is 2.10. The Morgan fingerprint density at radius 3 is 2.65 bits per heavy atom. The van der Waals surface area contributed by atoms with Crippen LogP contribution in [0.15, 0.2) is 18.2 Å². The van der Waals surface area contributed by atoms with E-state index >= 15 is 0 Å². The van der Waals surface area contributed by atoms with Crippen LogP contribution in [0, 0.1) is 5.82 Å². The van der Waals surface area contributed by atoms with E-state index in [4.69, 9.17) is 5.11 Å². The number of rotatable bonds is 4. The Hall–Kier alpha value is -1.88. The molecular weight excluding hydrogens is 259 g/mol. The number of hydrogen-bond donors (Lipinski definition) is 3. The van der Waals surface area contributed by atoms with Crippen molar-refractivity contribution in [3.05, 3.63) is 35.3 Å². The summed E-state index contributed by atoms with van der Waals surface area (Å²) in [5.41, 5.74) is 2.28. The highest BCUT2D eigenvalue weighted by Gasteiger charge is 2.12. The molecule has 2 rings (SSSR count). The average molecular weight is 278 g/mol. The monoisotopic (exact) mass is 278 g/mol. The molecule has 0 aliphatic rings. The minimum absolute atomic E-state index is 0.112. The molecule has 0 fully saturated rings. The first kappa shape index (κ1) is 14.5. The first-order valence-electron chi connectivity index (χ1n) is 6.65. The van der Waals surface area contributed by atoms with Crippen LogP contribution in [0.3, 0.4) is 0 Å². The van der Waals surface area contributed by atoms with Crippen molar-refractivity contribution in [1.82, 2.24) is 10.3 Å². The Bertz CT molecular complexity index is 632. The van der Waals surface area contributed by atoms with Crippen LogP contribution in [-0.4, -0.2) is 22.1 Å². The number of halogens is 1. The number of amides is 1. The summed E-state index contributed by atoms with van der Waals surface area (Å²) in [4.78, 5) is 14.4.